The smallest absolute Gasteiger partial charge is 0.325 e. The zero-order valence-electron chi connectivity index (χ0n) is 15.7. The van der Waals surface area contributed by atoms with Crippen molar-refractivity contribution < 1.29 is 19.1 Å². The van der Waals surface area contributed by atoms with Crippen LogP contribution in [0, 0.1) is 0 Å². The fourth-order valence-electron chi connectivity index (χ4n) is 2.45. The normalized spacial score (nSPS) is 10.9. The first-order valence-electron chi connectivity index (χ1n) is 8.46. The molecule has 2 amide bonds. The molecule has 0 spiro atoms. The Morgan fingerprint density at radius 2 is 1.68 bits per heavy atom. The molecule has 0 aliphatic carbocycles. The molecule has 0 N–H and O–H groups in total. The van der Waals surface area contributed by atoms with Crippen molar-refractivity contribution in [2.75, 3.05) is 24.6 Å². The third-order valence-electron chi connectivity index (χ3n) is 3.70. The van der Waals surface area contributed by atoms with E-state index in [1.165, 1.54) is 11.8 Å². The van der Waals surface area contributed by atoms with E-state index in [0.29, 0.717) is 0 Å². The topological polar surface area (TPSA) is 66.9 Å². The summed E-state index contributed by atoms with van der Waals surface area (Å²) in [6.07, 6.45) is 0.130. The second-order valence-corrected chi connectivity index (χ2v) is 6.71. The molecule has 6 heteroatoms. The van der Waals surface area contributed by atoms with Gasteiger partial charge in [0.1, 0.15) is 6.54 Å². The van der Waals surface area contributed by atoms with E-state index >= 15 is 0 Å². The maximum Gasteiger partial charge on any atom is 0.325 e. The molecule has 0 saturated carbocycles. The molecular weight excluding hydrogens is 320 g/mol. The average Bonchev–Trinajstić information content (AvgIpc) is 2.52. The number of ether oxygens (including phenoxy) is 1. The van der Waals surface area contributed by atoms with Crippen molar-refractivity contribution in [2.24, 2.45) is 0 Å². The number of amides is 2. The second kappa shape index (κ2) is 9.20. The summed E-state index contributed by atoms with van der Waals surface area (Å²) >= 11 is 0. The van der Waals surface area contributed by atoms with Crippen LogP contribution in [0.3, 0.4) is 0 Å². The maximum atomic E-state index is 12.7. The molecule has 0 heterocycles. The van der Waals surface area contributed by atoms with Crippen LogP contribution in [0.2, 0.25) is 0 Å². The summed E-state index contributed by atoms with van der Waals surface area (Å²) in [6, 6.07) is 9.20. The number of carbonyl (C=O) groups is 3. The van der Waals surface area contributed by atoms with Crippen molar-refractivity contribution >= 4 is 23.5 Å². The quantitative estimate of drug-likeness (QED) is 0.711. The first kappa shape index (κ1) is 20.7. The van der Waals surface area contributed by atoms with E-state index in [4.69, 9.17) is 4.74 Å². The molecule has 138 valence electrons. The number of hydrogen-bond donors (Lipinski definition) is 0. The minimum Gasteiger partial charge on any atom is -0.465 e. The van der Waals surface area contributed by atoms with Crippen molar-refractivity contribution in [3.63, 3.8) is 0 Å². The Labute approximate surface area is 149 Å². The summed E-state index contributed by atoms with van der Waals surface area (Å²) in [6.45, 7) is 9.23. The lowest BCUT2D eigenvalue weighted by atomic mass is 10.1. The van der Waals surface area contributed by atoms with E-state index in [0.717, 1.165) is 5.69 Å². The molecule has 0 fully saturated rings. The van der Waals surface area contributed by atoms with Gasteiger partial charge < -0.3 is 14.5 Å². The number of para-hydroxylation sites is 1. The van der Waals surface area contributed by atoms with Crippen LogP contribution in [-0.4, -0.2) is 47.9 Å². The SMILES string of the molecule is CCOC(=O)CN(C(=O)CCN(C(C)=O)c1ccccc1)C(C)(C)C. The van der Waals surface area contributed by atoms with Crippen LogP contribution in [0.25, 0.3) is 0 Å². The van der Waals surface area contributed by atoms with E-state index in [-0.39, 0.29) is 37.9 Å². The highest BCUT2D eigenvalue weighted by atomic mass is 16.5. The summed E-state index contributed by atoms with van der Waals surface area (Å²) in [5, 5.41) is 0. The van der Waals surface area contributed by atoms with Crippen molar-refractivity contribution in [3.8, 4) is 0 Å². The van der Waals surface area contributed by atoms with Crippen LogP contribution in [0.1, 0.15) is 41.0 Å². The van der Waals surface area contributed by atoms with Gasteiger partial charge in [0.2, 0.25) is 11.8 Å². The van der Waals surface area contributed by atoms with Crippen molar-refractivity contribution in [1.82, 2.24) is 4.90 Å². The Balaban J connectivity index is 2.81. The van der Waals surface area contributed by atoms with E-state index in [1.54, 1.807) is 11.8 Å². The van der Waals surface area contributed by atoms with E-state index in [9.17, 15) is 14.4 Å². The molecule has 0 unspecified atom stereocenters. The lowest BCUT2D eigenvalue weighted by Gasteiger charge is -2.35. The van der Waals surface area contributed by atoms with Gasteiger partial charge in [0, 0.05) is 31.1 Å². The predicted octanol–water partition coefficient (Wildman–Crippen LogP) is 2.62. The fourth-order valence-corrected chi connectivity index (χ4v) is 2.45. The van der Waals surface area contributed by atoms with Gasteiger partial charge in [-0.25, -0.2) is 0 Å². The van der Waals surface area contributed by atoms with Gasteiger partial charge in [-0.05, 0) is 39.8 Å². The Kier molecular flexibility index (Phi) is 7.61. The lowest BCUT2D eigenvalue weighted by molar-refractivity contribution is -0.152. The molecule has 1 aromatic carbocycles. The van der Waals surface area contributed by atoms with Gasteiger partial charge in [0.05, 0.1) is 6.61 Å². The van der Waals surface area contributed by atoms with Crippen LogP contribution in [0.15, 0.2) is 30.3 Å². The van der Waals surface area contributed by atoms with Crippen molar-refractivity contribution in [1.29, 1.82) is 0 Å². The van der Waals surface area contributed by atoms with E-state index < -0.39 is 11.5 Å². The largest absolute Gasteiger partial charge is 0.465 e. The number of rotatable bonds is 7. The number of carbonyl (C=O) groups excluding carboxylic acids is 3. The van der Waals surface area contributed by atoms with E-state index in [1.807, 2.05) is 51.1 Å². The predicted molar refractivity (Wildman–Crippen MR) is 97.2 cm³/mol. The summed E-state index contributed by atoms with van der Waals surface area (Å²) in [7, 11) is 0. The van der Waals surface area contributed by atoms with Crippen LogP contribution in [0.4, 0.5) is 5.69 Å². The molecule has 0 aliphatic heterocycles. The number of anilines is 1. The standard InChI is InChI=1S/C19H28N2O4/c1-6-25-18(24)14-21(19(3,4)5)17(23)12-13-20(15(2)22)16-10-8-7-9-11-16/h7-11H,6,12-14H2,1-5H3. The van der Waals surface area contributed by atoms with Crippen LogP contribution >= 0.6 is 0 Å². The molecule has 6 nitrogen and oxygen atoms in total. The highest BCUT2D eigenvalue weighted by Crippen LogP contribution is 2.17. The molecular formula is C19H28N2O4. The third kappa shape index (κ3) is 6.57. The van der Waals surface area contributed by atoms with Gasteiger partial charge in [0.25, 0.3) is 0 Å². The van der Waals surface area contributed by atoms with Gasteiger partial charge in [-0.2, -0.15) is 0 Å². The van der Waals surface area contributed by atoms with E-state index in [2.05, 4.69) is 0 Å². The molecule has 0 radical (unpaired) electrons. The van der Waals surface area contributed by atoms with Crippen LogP contribution < -0.4 is 4.90 Å². The Morgan fingerprint density at radius 1 is 1.08 bits per heavy atom. The molecule has 25 heavy (non-hydrogen) atoms. The Hall–Kier alpha value is -2.37. The summed E-state index contributed by atoms with van der Waals surface area (Å²) < 4.78 is 4.95. The average molecular weight is 348 g/mol. The monoisotopic (exact) mass is 348 g/mol. The van der Waals surface area contributed by atoms with Gasteiger partial charge >= 0.3 is 5.97 Å². The van der Waals surface area contributed by atoms with Crippen molar-refractivity contribution in [3.05, 3.63) is 30.3 Å². The molecule has 0 saturated heterocycles. The first-order chi connectivity index (χ1) is 11.7. The zero-order valence-corrected chi connectivity index (χ0v) is 15.7. The highest BCUT2D eigenvalue weighted by molar-refractivity contribution is 5.92. The van der Waals surface area contributed by atoms with Crippen LogP contribution in [-0.2, 0) is 19.1 Å². The molecule has 1 rings (SSSR count). The number of esters is 1. The molecule has 0 aliphatic rings. The number of benzene rings is 1. The van der Waals surface area contributed by atoms with Crippen molar-refractivity contribution in [2.45, 2.75) is 46.6 Å². The molecule has 0 bridgehead atoms. The Bertz CT molecular complexity index is 593. The van der Waals surface area contributed by atoms with Gasteiger partial charge in [-0.15, -0.1) is 0 Å². The fraction of sp³-hybridized carbons (Fsp3) is 0.526. The second-order valence-electron chi connectivity index (χ2n) is 6.71. The zero-order chi connectivity index (χ0) is 19.0. The van der Waals surface area contributed by atoms with Gasteiger partial charge in [-0.1, -0.05) is 18.2 Å². The minimum absolute atomic E-state index is 0.0957. The third-order valence-corrected chi connectivity index (χ3v) is 3.70. The summed E-state index contributed by atoms with van der Waals surface area (Å²) in [5.41, 5.74) is 0.230. The number of hydrogen-bond acceptors (Lipinski definition) is 4. The summed E-state index contributed by atoms with van der Waals surface area (Å²) in [5.74, 6) is -0.758. The molecule has 0 aromatic heterocycles. The summed E-state index contributed by atoms with van der Waals surface area (Å²) in [4.78, 5) is 39.4. The van der Waals surface area contributed by atoms with Gasteiger partial charge in [-0.3, -0.25) is 14.4 Å². The maximum absolute atomic E-state index is 12.7. The van der Waals surface area contributed by atoms with Gasteiger partial charge in [0.15, 0.2) is 0 Å². The molecule has 0 atom stereocenters. The lowest BCUT2D eigenvalue weighted by Crippen LogP contribution is -2.49. The minimum atomic E-state index is -0.516. The molecule has 1 aromatic rings. The highest BCUT2D eigenvalue weighted by Gasteiger charge is 2.29. The first-order valence-corrected chi connectivity index (χ1v) is 8.46. The van der Waals surface area contributed by atoms with Crippen LogP contribution in [0.5, 0.6) is 0 Å². The Morgan fingerprint density at radius 3 is 2.16 bits per heavy atom. The number of nitrogens with zero attached hydrogens (tertiary/aromatic N) is 2.